The monoisotopic (exact) mass is 482 g/mol. The van der Waals surface area contributed by atoms with Gasteiger partial charge in [0.2, 0.25) is 0 Å². The van der Waals surface area contributed by atoms with E-state index >= 15 is 0 Å². The number of ether oxygens (including phenoxy) is 1. The van der Waals surface area contributed by atoms with E-state index < -0.39 is 0 Å². The number of aryl methyl sites for hydroxylation is 2. The zero-order valence-electron chi connectivity index (χ0n) is 21.3. The number of carbonyl (C=O) groups is 2. The lowest BCUT2D eigenvalue weighted by Gasteiger charge is -2.41. The van der Waals surface area contributed by atoms with Crippen LogP contribution in [0.1, 0.15) is 47.4 Å². The molecule has 35 heavy (non-hydrogen) atoms. The second-order valence-electron chi connectivity index (χ2n) is 10.5. The molecule has 4 atom stereocenters. The summed E-state index contributed by atoms with van der Waals surface area (Å²) in [7, 11) is 4.33. The number of likely N-dealkylation sites (N-methyl/N-ethyl adjacent to an activating group) is 1. The molecule has 190 valence electrons. The first-order valence-electron chi connectivity index (χ1n) is 12.6. The third-order valence-corrected chi connectivity index (χ3v) is 7.65. The number of carboxylic acid groups (broad SMARTS) is 1. The molecular weight excluding hydrogens is 444 g/mol. The topological polar surface area (TPSA) is 87.9 Å². The SMILES string of the molecule is Cc1cc(C)n(-c2ccc(C(=O)N3C[C@H]4C[C@@H](N(C)C)[C@H](OCC5CC5)C[C@H]4C3)cc2)n1.O=CO. The van der Waals surface area contributed by atoms with Crippen LogP contribution in [0.25, 0.3) is 5.69 Å². The summed E-state index contributed by atoms with van der Waals surface area (Å²) in [6.45, 7) is 6.43. The van der Waals surface area contributed by atoms with Gasteiger partial charge in [-0.2, -0.15) is 5.10 Å². The molecule has 3 fully saturated rings. The zero-order valence-corrected chi connectivity index (χ0v) is 21.3. The van der Waals surface area contributed by atoms with Crippen LogP contribution in [0.15, 0.2) is 30.3 Å². The predicted octanol–water partition coefficient (Wildman–Crippen LogP) is 3.40. The first-order valence-corrected chi connectivity index (χ1v) is 12.6. The fourth-order valence-corrected chi connectivity index (χ4v) is 5.64. The van der Waals surface area contributed by atoms with E-state index in [9.17, 15) is 4.79 Å². The number of carbonyl (C=O) groups excluding carboxylic acids is 1. The van der Waals surface area contributed by atoms with Crippen molar-refractivity contribution in [2.24, 2.45) is 17.8 Å². The highest BCUT2D eigenvalue weighted by Crippen LogP contribution is 2.40. The van der Waals surface area contributed by atoms with Crippen molar-refractivity contribution in [3.63, 3.8) is 0 Å². The predicted molar refractivity (Wildman–Crippen MR) is 134 cm³/mol. The quantitative estimate of drug-likeness (QED) is 0.635. The molecule has 0 bridgehead atoms. The molecule has 5 rings (SSSR count). The molecule has 1 aliphatic heterocycles. The second-order valence-corrected chi connectivity index (χ2v) is 10.5. The van der Waals surface area contributed by atoms with Crippen LogP contribution in [0.4, 0.5) is 0 Å². The van der Waals surface area contributed by atoms with Crippen molar-refractivity contribution in [1.82, 2.24) is 19.6 Å². The van der Waals surface area contributed by atoms with Crippen LogP contribution in [0.5, 0.6) is 0 Å². The van der Waals surface area contributed by atoms with Crippen LogP contribution in [0, 0.1) is 31.6 Å². The smallest absolute Gasteiger partial charge is 0.290 e. The van der Waals surface area contributed by atoms with Gasteiger partial charge in [-0.25, -0.2) is 4.68 Å². The Kier molecular flexibility index (Phi) is 7.91. The maximum atomic E-state index is 13.3. The van der Waals surface area contributed by atoms with Crippen LogP contribution >= 0.6 is 0 Å². The average molecular weight is 483 g/mol. The second kappa shape index (κ2) is 10.9. The lowest BCUT2D eigenvalue weighted by molar-refractivity contribution is -0.122. The fourth-order valence-electron chi connectivity index (χ4n) is 5.64. The van der Waals surface area contributed by atoms with Gasteiger partial charge in [0.15, 0.2) is 0 Å². The van der Waals surface area contributed by atoms with Crippen LogP contribution in [0.2, 0.25) is 0 Å². The summed E-state index contributed by atoms with van der Waals surface area (Å²) in [6, 6.07) is 10.4. The van der Waals surface area contributed by atoms with Gasteiger partial charge in [0.1, 0.15) is 0 Å². The minimum Gasteiger partial charge on any atom is -0.483 e. The summed E-state index contributed by atoms with van der Waals surface area (Å²) in [5, 5.41) is 11.4. The Balaban J connectivity index is 0.000000917. The molecule has 0 spiro atoms. The summed E-state index contributed by atoms with van der Waals surface area (Å²) in [5.74, 6) is 2.06. The van der Waals surface area contributed by atoms with Crippen molar-refractivity contribution in [1.29, 1.82) is 0 Å². The number of nitrogens with zero attached hydrogens (tertiary/aromatic N) is 4. The van der Waals surface area contributed by atoms with E-state index in [4.69, 9.17) is 14.6 Å². The van der Waals surface area contributed by atoms with Gasteiger partial charge in [-0.15, -0.1) is 0 Å². The number of hydrogen-bond donors (Lipinski definition) is 1. The summed E-state index contributed by atoms with van der Waals surface area (Å²) < 4.78 is 8.31. The van der Waals surface area contributed by atoms with E-state index in [1.807, 2.05) is 42.8 Å². The van der Waals surface area contributed by atoms with Crippen LogP contribution in [0.3, 0.4) is 0 Å². The Morgan fingerprint density at radius 3 is 2.31 bits per heavy atom. The Hall–Kier alpha value is -2.71. The van der Waals surface area contributed by atoms with Crippen molar-refractivity contribution in [3.8, 4) is 5.69 Å². The summed E-state index contributed by atoms with van der Waals surface area (Å²) in [6.07, 6.45) is 5.13. The van der Waals surface area contributed by atoms with Gasteiger partial charge < -0.3 is 19.6 Å². The van der Waals surface area contributed by atoms with Crippen molar-refractivity contribution in [3.05, 3.63) is 47.3 Å². The van der Waals surface area contributed by atoms with Gasteiger partial charge in [0, 0.05) is 37.0 Å². The van der Waals surface area contributed by atoms with E-state index in [1.54, 1.807) is 0 Å². The average Bonchev–Trinajstić information content (AvgIpc) is 3.47. The number of aromatic nitrogens is 2. The fraction of sp³-hybridized carbons (Fsp3) is 0.593. The molecule has 1 N–H and O–H groups in total. The maximum absolute atomic E-state index is 13.3. The first-order chi connectivity index (χ1) is 16.8. The molecular formula is C27H38N4O4. The van der Waals surface area contributed by atoms with E-state index in [0.717, 1.165) is 61.1 Å². The summed E-state index contributed by atoms with van der Waals surface area (Å²) >= 11 is 0. The Morgan fingerprint density at radius 1 is 1.14 bits per heavy atom. The van der Waals surface area contributed by atoms with Gasteiger partial charge in [0.05, 0.1) is 17.5 Å². The lowest BCUT2D eigenvalue weighted by atomic mass is 9.77. The molecule has 1 aromatic carbocycles. The normalized spacial score (nSPS) is 25.7. The summed E-state index contributed by atoms with van der Waals surface area (Å²) in [5.41, 5.74) is 3.85. The molecule has 2 saturated carbocycles. The lowest BCUT2D eigenvalue weighted by Crippen LogP contribution is -2.48. The molecule has 0 unspecified atom stereocenters. The standard InChI is InChI=1S/C26H36N4O2.CH2O2/c1-17-11-18(2)30(27-17)23-9-7-20(8-10-23)26(31)29-14-21-12-24(28(3)4)25(13-22(21)15-29)32-16-19-5-6-19;2-1-3/h7-11,19,21-22,24-25H,5-6,12-16H2,1-4H3;1H,(H,2,3)/t21-,22+,24-,25-;/m1./s1. The molecule has 8 nitrogen and oxygen atoms in total. The number of rotatable bonds is 6. The van der Waals surface area contributed by atoms with Gasteiger partial charge in [0.25, 0.3) is 12.4 Å². The number of hydrogen-bond acceptors (Lipinski definition) is 5. The Morgan fingerprint density at radius 2 is 1.77 bits per heavy atom. The number of benzene rings is 1. The molecule has 1 saturated heterocycles. The highest BCUT2D eigenvalue weighted by Gasteiger charge is 2.45. The van der Waals surface area contributed by atoms with Gasteiger partial charge in [-0.3, -0.25) is 9.59 Å². The summed E-state index contributed by atoms with van der Waals surface area (Å²) in [4.78, 5) is 26.1. The van der Waals surface area contributed by atoms with Crippen LogP contribution < -0.4 is 0 Å². The Bertz CT molecular complexity index is 1010. The van der Waals surface area contributed by atoms with E-state index in [-0.39, 0.29) is 12.4 Å². The van der Waals surface area contributed by atoms with E-state index in [0.29, 0.717) is 24.0 Å². The molecule has 8 heteroatoms. The molecule has 3 aliphatic rings. The third-order valence-electron chi connectivity index (χ3n) is 7.65. The number of fused-ring (bicyclic) bond motifs is 1. The van der Waals surface area contributed by atoms with Gasteiger partial charge >= 0.3 is 0 Å². The first kappa shape index (κ1) is 25.4. The van der Waals surface area contributed by atoms with Crippen LogP contribution in [-0.2, 0) is 9.53 Å². The number of amides is 1. The number of likely N-dealkylation sites (tertiary alicyclic amines) is 1. The van der Waals surface area contributed by atoms with Crippen molar-refractivity contribution >= 4 is 12.4 Å². The van der Waals surface area contributed by atoms with Crippen LogP contribution in [-0.4, -0.2) is 83.0 Å². The largest absolute Gasteiger partial charge is 0.483 e. The molecule has 1 amide bonds. The van der Waals surface area contributed by atoms with Crippen molar-refractivity contribution < 1.29 is 19.4 Å². The van der Waals surface area contributed by atoms with E-state index in [2.05, 4.69) is 35.1 Å². The van der Waals surface area contributed by atoms with Crippen molar-refractivity contribution in [2.45, 2.75) is 51.7 Å². The highest BCUT2D eigenvalue weighted by atomic mass is 16.5. The molecule has 2 heterocycles. The molecule has 1 aromatic heterocycles. The van der Waals surface area contributed by atoms with Gasteiger partial charge in [-0.05, 0) is 102 Å². The minimum absolute atomic E-state index is 0.149. The minimum atomic E-state index is -0.250. The molecule has 0 radical (unpaired) electrons. The van der Waals surface area contributed by atoms with Gasteiger partial charge in [-0.1, -0.05) is 0 Å². The Labute approximate surface area is 207 Å². The molecule has 2 aromatic rings. The van der Waals surface area contributed by atoms with Crippen molar-refractivity contribution in [2.75, 3.05) is 33.8 Å². The zero-order chi connectivity index (χ0) is 25.1. The molecule has 2 aliphatic carbocycles. The third kappa shape index (κ3) is 5.93. The van der Waals surface area contributed by atoms with E-state index in [1.165, 1.54) is 12.8 Å². The highest BCUT2D eigenvalue weighted by molar-refractivity contribution is 5.94. The maximum Gasteiger partial charge on any atom is 0.290 e.